The molecule has 1 aliphatic carbocycles. The van der Waals surface area contributed by atoms with Crippen LogP contribution in [0.4, 0.5) is 23.2 Å². The van der Waals surface area contributed by atoms with Gasteiger partial charge in [0.2, 0.25) is 0 Å². The smallest absolute Gasteiger partial charge is 0.388 e. The molecule has 0 aliphatic heterocycles. The monoisotopic (exact) mass is 305 g/mol. The van der Waals surface area contributed by atoms with Crippen molar-refractivity contribution in [2.24, 2.45) is 0 Å². The van der Waals surface area contributed by atoms with Gasteiger partial charge in [0.05, 0.1) is 16.9 Å². The van der Waals surface area contributed by atoms with Gasteiger partial charge in [-0.3, -0.25) is 0 Å². The molecule has 1 saturated carbocycles. The molecular weight excluding hydrogens is 286 g/mol. The molecule has 1 aromatic carbocycles. The molecule has 0 bridgehead atoms. The predicted molar refractivity (Wildman–Crippen MR) is 72.5 cm³/mol. The first kappa shape index (κ1) is 16.1. The van der Waals surface area contributed by atoms with E-state index in [2.05, 4.69) is 5.32 Å². The highest BCUT2D eigenvalue weighted by Crippen LogP contribution is 2.32. The molecule has 21 heavy (non-hydrogen) atoms. The lowest BCUT2D eigenvalue weighted by atomic mass is 9.94. The van der Waals surface area contributed by atoms with Gasteiger partial charge in [0, 0.05) is 6.54 Å². The number of nitrogens with one attached hydrogen (secondary N) is 1. The Morgan fingerprint density at radius 2 is 1.71 bits per heavy atom. The number of rotatable bonds is 3. The summed E-state index contributed by atoms with van der Waals surface area (Å²) in [5.41, 5.74) is -2.10. The number of benzene rings is 1. The van der Waals surface area contributed by atoms with Crippen LogP contribution < -0.4 is 5.32 Å². The molecule has 0 spiro atoms. The third-order valence-electron chi connectivity index (χ3n) is 3.94. The first-order valence-electron chi connectivity index (χ1n) is 7.13. The molecule has 118 valence electrons. The van der Waals surface area contributed by atoms with Crippen LogP contribution >= 0.6 is 0 Å². The second-order valence-corrected chi connectivity index (χ2v) is 5.68. The van der Waals surface area contributed by atoms with Gasteiger partial charge in [-0.2, -0.15) is 13.2 Å². The molecule has 0 unspecified atom stereocenters. The molecule has 0 amide bonds. The van der Waals surface area contributed by atoms with Crippen molar-refractivity contribution < 1.29 is 22.7 Å². The lowest BCUT2D eigenvalue weighted by molar-refractivity contribution is -0.137. The fourth-order valence-corrected chi connectivity index (χ4v) is 2.66. The molecule has 0 saturated heterocycles. The van der Waals surface area contributed by atoms with Crippen molar-refractivity contribution in [3.8, 4) is 0 Å². The van der Waals surface area contributed by atoms with E-state index in [0.717, 1.165) is 37.8 Å². The van der Waals surface area contributed by atoms with E-state index in [1.807, 2.05) is 0 Å². The second-order valence-electron chi connectivity index (χ2n) is 5.68. The van der Waals surface area contributed by atoms with Crippen molar-refractivity contribution in [2.45, 2.75) is 50.3 Å². The zero-order valence-electron chi connectivity index (χ0n) is 11.6. The van der Waals surface area contributed by atoms with Crippen LogP contribution in [-0.4, -0.2) is 17.3 Å². The second kappa shape index (κ2) is 6.22. The third kappa shape index (κ3) is 4.33. The van der Waals surface area contributed by atoms with E-state index >= 15 is 0 Å². The van der Waals surface area contributed by atoms with Gasteiger partial charge in [-0.1, -0.05) is 25.7 Å². The Morgan fingerprint density at radius 3 is 2.29 bits per heavy atom. The topological polar surface area (TPSA) is 32.3 Å². The first-order valence-corrected chi connectivity index (χ1v) is 7.13. The van der Waals surface area contributed by atoms with Crippen LogP contribution in [0.25, 0.3) is 0 Å². The van der Waals surface area contributed by atoms with Crippen molar-refractivity contribution in [2.75, 3.05) is 11.9 Å². The summed E-state index contributed by atoms with van der Waals surface area (Å²) >= 11 is 0. The normalized spacial score (nSPS) is 19.1. The Hall–Kier alpha value is -1.30. The minimum absolute atomic E-state index is 0.0607. The maximum absolute atomic E-state index is 13.6. The van der Waals surface area contributed by atoms with Gasteiger partial charge in [-0.15, -0.1) is 0 Å². The van der Waals surface area contributed by atoms with Crippen LogP contribution in [0.15, 0.2) is 18.2 Å². The van der Waals surface area contributed by atoms with E-state index in [-0.39, 0.29) is 12.2 Å². The van der Waals surface area contributed by atoms with Crippen LogP contribution in [0.2, 0.25) is 0 Å². The number of alkyl halides is 3. The highest BCUT2D eigenvalue weighted by atomic mass is 19.4. The zero-order valence-corrected chi connectivity index (χ0v) is 11.6. The molecule has 1 aliphatic rings. The van der Waals surface area contributed by atoms with Crippen LogP contribution in [0, 0.1) is 5.82 Å². The molecule has 0 atom stereocenters. The number of hydrogen-bond acceptors (Lipinski definition) is 2. The van der Waals surface area contributed by atoms with Crippen molar-refractivity contribution in [3.63, 3.8) is 0 Å². The van der Waals surface area contributed by atoms with Crippen molar-refractivity contribution in [3.05, 3.63) is 29.6 Å². The summed E-state index contributed by atoms with van der Waals surface area (Å²) in [6, 6.07) is 2.25. The molecule has 1 aromatic rings. The minimum atomic E-state index is -4.51. The molecule has 2 N–H and O–H groups in total. The van der Waals surface area contributed by atoms with Gasteiger partial charge >= 0.3 is 6.18 Å². The van der Waals surface area contributed by atoms with Gasteiger partial charge in [0.15, 0.2) is 0 Å². The van der Waals surface area contributed by atoms with E-state index in [0.29, 0.717) is 18.9 Å². The van der Waals surface area contributed by atoms with Crippen LogP contribution in [0.5, 0.6) is 0 Å². The van der Waals surface area contributed by atoms with Crippen LogP contribution in [0.3, 0.4) is 0 Å². The van der Waals surface area contributed by atoms with Crippen molar-refractivity contribution >= 4 is 5.69 Å². The molecular formula is C15H19F4NO. The number of halogens is 4. The highest BCUT2D eigenvalue weighted by Gasteiger charge is 2.32. The number of hydrogen-bond donors (Lipinski definition) is 2. The average molecular weight is 305 g/mol. The summed E-state index contributed by atoms with van der Waals surface area (Å²) in [5, 5.41) is 13.1. The molecule has 6 heteroatoms. The number of aliphatic hydroxyl groups is 1. The summed E-state index contributed by atoms with van der Waals surface area (Å²) in [6.45, 7) is 0.0607. The Bertz CT molecular complexity index is 479. The Morgan fingerprint density at radius 1 is 1.10 bits per heavy atom. The largest absolute Gasteiger partial charge is 0.416 e. The zero-order chi connectivity index (χ0) is 15.5. The molecule has 0 radical (unpaired) electrons. The van der Waals surface area contributed by atoms with Crippen molar-refractivity contribution in [1.82, 2.24) is 0 Å². The SMILES string of the molecule is OC1(CNc2cc(C(F)(F)F)ccc2F)CCCCCC1. The van der Waals surface area contributed by atoms with Gasteiger partial charge < -0.3 is 10.4 Å². The predicted octanol–water partition coefficient (Wildman–Crippen LogP) is 4.34. The Balaban J connectivity index is 2.08. The van der Waals surface area contributed by atoms with Gasteiger partial charge in [0.25, 0.3) is 0 Å². The average Bonchev–Trinajstić information content (AvgIpc) is 2.62. The molecule has 0 heterocycles. The Labute approximate surface area is 121 Å². The molecule has 2 rings (SSSR count). The first-order chi connectivity index (χ1) is 9.80. The fourth-order valence-electron chi connectivity index (χ4n) is 2.66. The van der Waals surface area contributed by atoms with E-state index in [4.69, 9.17) is 0 Å². The van der Waals surface area contributed by atoms with Crippen LogP contribution in [-0.2, 0) is 6.18 Å². The van der Waals surface area contributed by atoms with Gasteiger partial charge in [0.1, 0.15) is 5.82 Å². The summed E-state index contributed by atoms with van der Waals surface area (Å²) in [6.07, 6.45) is 0.497. The molecule has 2 nitrogen and oxygen atoms in total. The summed E-state index contributed by atoms with van der Waals surface area (Å²) < 4.78 is 51.5. The van der Waals surface area contributed by atoms with E-state index in [1.54, 1.807) is 0 Å². The van der Waals surface area contributed by atoms with E-state index in [1.165, 1.54) is 0 Å². The Kier molecular flexibility index (Phi) is 4.76. The van der Waals surface area contributed by atoms with Crippen LogP contribution in [0.1, 0.15) is 44.1 Å². The molecule has 1 fully saturated rings. The lowest BCUT2D eigenvalue weighted by Crippen LogP contribution is -2.36. The van der Waals surface area contributed by atoms with E-state index in [9.17, 15) is 22.7 Å². The highest BCUT2D eigenvalue weighted by molar-refractivity contribution is 5.48. The lowest BCUT2D eigenvalue weighted by Gasteiger charge is -2.27. The standard InChI is InChI=1S/C15H19F4NO/c16-12-6-5-11(15(17,18)19)9-13(12)20-10-14(21)7-3-1-2-4-8-14/h5-6,9,20-21H,1-4,7-8,10H2. The maximum atomic E-state index is 13.6. The summed E-state index contributed by atoms with van der Waals surface area (Å²) in [5.74, 6) is -0.750. The molecule has 0 aromatic heterocycles. The third-order valence-corrected chi connectivity index (χ3v) is 3.94. The van der Waals surface area contributed by atoms with Gasteiger partial charge in [-0.05, 0) is 31.0 Å². The van der Waals surface area contributed by atoms with Crippen molar-refractivity contribution in [1.29, 1.82) is 0 Å². The fraction of sp³-hybridized carbons (Fsp3) is 0.600. The maximum Gasteiger partial charge on any atom is 0.416 e. The van der Waals surface area contributed by atoms with E-state index < -0.39 is 23.2 Å². The summed E-state index contributed by atoms with van der Waals surface area (Å²) in [7, 11) is 0. The van der Waals surface area contributed by atoms with Gasteiger partial charge in [-0.25, -0.2) is 4.39 Å². The number of anilines is 1. The summed E-state index contributed by atoms with van der Waals surface area (Å²) in [4.78, 5) is 0. The minimum Gasteiger partial charge on any atom is -0.388 e. The quantitative estimate of drug-likeness (QED) is 0.643.